The predicted octanol–water partition coefficient (Wildman–Crippen LogP) is 3.14. The van der Waals surface area contributed by atoms with Gasteiger partial charge in [0.2, 0.25) is 0 Å². The van der Waals surface area contributed by atoms with Crippen LogP contribution in [0.5, 0.6) is 0 Å². The van der Waals surface area contributed by atoms with Crippen LogP contribution in [0, 0.1) is 0 Å². The van der Waals surface area contributed by atoms with Crippen LogP contribution in [0.15, 0.2) is 29.1 Å². The lowest BCUT2D eigenvalue weighted by Gasteiger charge is -2.33. The first-order chi connectivity index (χ1) is 14.1. The summed E-state index contributed by atoms with van der Waals surface area (Å²) in [4.78, 5) is 39.8. The fraction of sp³-hybridized carbons (Fsp3) is 0.545. The van der Waals surface area contributed by atoms with E-state index in [2.05, 4.69) is 5.10 Å². The molecule has 1 saturated carbocycles. The fourth-order valence-corrected chi connectivity index (χ4v) is 4.06. The average Bonchev–Trinajstić information content (AvgIpc) is 2.75. The number of benzene rings is 1. The van der Waals surface area contributed by atoms with Gasteiger partial charge in [0.1, 0.15) is 0 Å². The standard InChI is InChI=1S/C22H29N3O4/c1-3-14-25-21(27)18-13-9-8-12-17(18)20(23-25)22(28)29-15-19(26)24(4-2)16-10-6-5-7-11-16/h8-9,12-13,16H,3-7,10-11,14-15H2,1-2H3. The van der Waals surface area contributed by atoms with E-state index in [1.165, 1.54) is 11.1 Å². The summed E-state index contributed by atoms with van der Waals surface area (Å²) >= 11 is 0. The second-order valence-corrected chi connectivity index (χ2v) is 7.47. The van der Waals surface area contributed by atoms with Gasteiger partial charge >= 0.3 is 5.97 Å². The van der Waals surface area contributed by atoms with Crippen LogP contribution in [0.4, 0.5) is 0 Å². The summed E-state index contributed by atoms with van der Waals surface area (Å²) in [5, 5.41) is 5.10. The van der Waals surface area contributed by atoms with Crippen molar-refractivity contribution in [3.63, 3.8) is 0 Å². The molecule has 1 fully saturated rings. The monoisotopic (exact) mass is 399 g/mol. The summed E-state index contributed by atoms with van der Waals surface area (Å²) in [6.45, 7) is 4.58. The van der Waals surface area contributed by atoms with E-state index < -0.39 is 5.97 Å². The van der Waals surface area contributed by atoms with Gasteiger partial charge in [0.25, 0.3) is 11.5 Å². The molecule has 0 atom stereocenters. The number of fused-ring (bicyclic) bond motifs is 1. The number of hydrogen-bond acceptors (Lipinski definition) is 5. The largest absolute Gasteiger partial charge is 0.451 e. The van der Waals surface area contributed by atoms with Gasteiger partial charge in [-0.15, -0.1) is 0 Å². The van der Waals surface area contributed by atoms with Crippen LogP contribution in [0.2, 0.25) is 0 Å². The minimum Gasteiger partial charge on any atom is -0.451 e. The Hall–Kier alpha value is -2.70. The summed E-state index contributed by atoms with van der Waals surface area (Å²) in [5.41, 5.74) is -0.160. The molecule has 156 valence electrons. The lowest BCUT2D eigenvalue weighted by atomic mass is 9.94. The number of ether oxygens (including phenoxy) is 1. The second-order valence-electron chi connectivity index (χ2n) is 7.47. The molecule has 1 aromatic heterocycles. The van der Waals surface area contributed by atoms with Crippen molar-refractivity contribution in [3.8, 4) is 0 Å². The van der Waals surface area contributed by atoms with Crippen molar-refractivity contribution in [1.82, 2.24) is 14.7 Å². The van der Waals surface area contributed by atoms with Crippen molar-refractivity contribution in [2.45, 2.75) is 65.0 Å². The van der Waals surface area contributed by atoms with Crippen molar-refractivity contribution in [1.29, 1.82) is 0 Å². The Morgan fingerprint density at radius 3 is 2.48 bits per heavy atom. The molecule has 0 N–H and O–H groups in total. The molecule has 0 bridgehead atoms. The number of likely N-dealkylation sites (N-methyl/N-ethyl adjacent to an activating group) is 1. The molecular formula is C22H29N3O4. The van der Waals surface area contributed by atoms with Crippen LogP contribution in [-0.2, 0) is 16.1 Å². The van der Waals surface area contributed by atoms with E-state index in [4.69, 9.17) is 4.74 Å². The van der Waals surface area contributed by atoms with E-state index in [1.54, 1.807) is 24.3 Å². The average molecular weight is 399 g/mol. The minimum absolute atomic E-state index is 0.0714. The molecule has 1 heterocycles. The lowest BCUT2D eigenvalue weighted by molar-refractivity contribution is -0.137. The highest BCUT2D eigenvalue weighted by Crippen LogP contribution is 2.22. The third-order valence-electron chi connectivity index (χ3n) is 5.50. The van der Waals surface area contributed by atoms with E-state index in [1.807, 2.05) is 18.7 Å². The van der Waals surface area contributed by atoms with E-state index in [9.17, 15) is 14.4 Å². The number of carbonyl (C=O) groups excluding carboxylic acids is 2. The van der Waals surface area contributed by atoms with Crippen LogP contribution in [0.3, 0.4) is 0 Å². The predicted molar refractivity (Wildman–Crippen MR) is 111 cm³/mol. The molecule has 0 saturated heterocycles. The van der Waals surface area contributed by atoms with Crippen molar-refractivity contribution in [2.75, 3.05) is 13.2 Å². The molecule has 7 nitrogen and oxygen atoms in total. The Kier molecular flexibility index (Phi) is 7.01. The maximum absolute atomic E-state index is 12.7. The Balaban J connectivity index is 1.78. The van der Waals surface area contributed by atoms with Gasteiger partial charge in [0.15, 0.2) is 12.3 Å². The molecule has 29 heavy (non-hydrogen) atoms. The van der Waals surface area contributed by atoms with Gasteiger partial charge in [0.05, 0.1) is 5.39 Å². The van der Waals surface area contributed by atoms with Crippen molar-refractivity contribution in [2.24, 2.45) is 0 Å². The number of hydrogen-bond donors (Lipinski definition) is 0. The van der Waals surface area contributed by atoms with Gasteiger partial charge < -0.3 is 9.64 Å². The molecule has 3 rings (SSSR count). The third kappa shape index (κ3) is 4.66. The summed E-state index contributed by atoms with van der Waals surface area (Å²) in [5.74, 6) is -0.863. The van der Waals surface area contributed by atoms with Crippen molar-refractivity contribution < 1.29 is 14.3 Å². The molecule has 0 radical (unpaired) electrons. The molecule has 1 aliphatic rings. The zero-order valence-electron chi connectivity index (χ0n) is 17.2. The highest BCUT2D eigenvalue weighted by Gasteiger charge is 2.26. The molecular weight excluding hydrogens is 370 g/mol. The van der Waals surface area contributed by atoms with Gasteiger partial charge in [-0.1, -0.05) is 44.4 Å². The van der Waals surface area contributed by atoms with Crippen molar-refractivity contribution >= 4 is 22.6 Å². The lowest BCUT2D eigenvalue weighted by Crippen LogP contribution is -2.43. The maximum atomic E-state index is 12.7. The van der Waals surface area contributed by atoms with E-state index >= 15 is 0 Å². The molecule has 1 amide bonds. The molecule has 0 aliphatic heterocycles. The molecule has 2 aromatic rings. The van der Waals surface area contributed by atoms with E-state index in [-0.39, 0.29) is 29.8 Å². The number of aromatic nitrogens is 2. The number of carbonyl (C=O) groups is 2. The summed E-state index contributed by atoms with van der Waals surface area (Å²) in [6.07, 6.45) is 6.18. The highest BCUT2D eigenvalue weighted by atomic mass is 16.5. The van der Waals surface area contributed by atoms with Crippen LogP contribution < -0.4 is 5.56 Å². The molecule has 0 spiro atoms. The maximum Gasteiger partial charge on any atom is 0.359 e. The van der Waals surface area contributed by atoms with Crippen LogP contribution in [0.25, 0.3) is 10.8 Å². The molecule has 7 heteroatoms. The SMILES string of the molecule is CCCn1nc(C(=O)OCC(=O)N(CC)C2CCCCC2)c2ccccc2c1=O. The molecule has 1 aliphatic carbocycles. The van der Waals surface area contributed by atoms with Crippen molar-refractivity contribution in [3.05, 3.63) is 40.3 Å². The van der Waals surface area contributed by atoms with Gasteiger partial charge in [-0.05, 0) is 32.3 Å². The highest BCUT2D eigenvalue weighted by molar-refractivity contribution is 6.02. The first kappa shape index (κ1) is 21.0. The zero-order valence-corrected chi connectivity index (χ0v) is 17.2. The van der Waals surface area contributed by atoms with Gasteiger partial charge in [-0.2, -0.15) is 5.10 Å². The number of nitrogens with zero attached hydrogens (tertiary/aromatic N) is 3. The Morgan fingerprint density at radius 1 is 1.14 bits per heavy atom. The summed E-state index contributed by atoms with van der Waals surface area (Å²) in [6, 6.07) is 7.08. The molecule has 0 unspecified atom stereocenters. The summed E-state index contributed by atoms with van der Waals surface area (Å²) < 4.78 is 6.63. The minimum atomic E-state index is -0.681. The molecule has 1 aromatic carbocycles. The van der Waals surface area contributed by atoms with Crippen LogP contribution >= 0.6 is 0 Å². The first-order valence-corrected chi connectivity index (χ1v) is 10.5. The third-order valence-corrected chi connectivity index (χ3v) is 5.50. The smallest absolute Gasteiger partial charge is 0.359 e. The normalized spacial score (nSPS) is 14.7. The quantitative estimate of drug-likeness (QED) is 0.668. The number of rotatable bonds is 7. The van der Waals surface area contributed by atoms with E-state index in [0.29, 0.717) is 30.3 Å². The topological polar surface area (TPSA) is 81.5 Å². The van der Waals surface area contributed by atoms with Crippen LogP contribution in [-0.4, -0.2) is 45.8 Å². The van der Waals surface area contributed by atoms with E-state index in [0.717, 1.165) is 25.7 Å². The Labute approximate surface area is 170 Å². The number of aryl methyl sites for hydroxylation is 1. The van der Waals surface area contributed by atoms with Gasteiger partial charge in [-0.3, -0.25) is 9.59 Å². The van der Waals surface area contributed by atoms with Crippen LogP contribution in [0.1, 0.15) is 62.9 Å². The fourth-order valence-electron chi connectivity index (χ4n) is 4.06. The zero-order chi connectivity index (χ0) is 20.8. The Bertz CT molecular complexity index is 931. The van der Waals surface area contributed by atoms with Gasteiger partial charge in [0, 0.05) is 24.5 Å². The van der Waals surface area contributed by atoms with Gasteiger partial charge in [-0.25, -0.2) is 9.48 Å². The first-order valence-electron chi connectivity index (χ1n) is 10.5. The summed E-state index contributed by atoms with van der Waals surface area (Å²) in [7, 11) is 0. The number of amides is 1. The Morgan fingerprint density at radius 2 is 1.83 bits per heavy atom. The second kappa shape index (κ2) is 9.67. The number of esters is 1.